The second-order valence-electron chi connectivity index (χ2n) is 6.78. The number of hydrogen-bond acceptors (Lipinski definition) is 3. The van der Waals surface area contributed by atoms with E-state index in [1.807, 2.05) is 13.8 Å². The van der Waals surface area contributed by atoms with E-state index in [0.29, 0.717) is 43.8 Å². The number of sulfonamides is 1. The van der Waals surface area contributed by atoms with Crippen LogP contribution in [0.1, 0.15) is 38.7 Å². The van der Waals surface area contributed by atoms with Gasteiger partial charge in [0.1, 0.15) is 5.82 Å². The topological polar surface area (TPSA) is 66.5 Å². The molecule has 1 N–H and O–H groups in total. The average molecular weight is 356 g/mol. The van der Waals surface area contributed by atoms with Gasteiger partial charge in [-0.15, -0.1) is 0 Å². The maximum Gasteiger partial charge on any atom is 0.241 e. The summed E-state index contributed by atoms with van der Waals surface area (Å²) in [5.41, 5.74) is 0.382. The number of hydrogen-bond donors (Lipinski definition) is 1. The van der Waals surface area contributed by atoms with E-state index >= 15 is 0 Å². The number of likely N-dealkylation sites (tertiary alicyclic amines) is 1. The van der Waals surface area contributed by atoms with Crippen molar-refractivity contribution in [1.29, 1.82) is 0 Å². The molecule has 2 rings (SSSR count). The number of aryl methyl sites for hydroxylation is 1. The van der Waals surface area contributed by atoms with Crippen molar-refractivity contribution in [2.24, 2.45) is 5.92 Å². The van der Waals surface area contributed by atoms with E-state index in [2.05, 4.69) is 4.72 Å². The zero-order valence-corrected chi connectivity index (χ0v) is 15.2. The first-order chi connectivity index (χ1) is 11.2. The minimum Gasteiger partial charge on any atom is -0.343 e. The molecule has 0 unspecified atom stereocenters. The first-order valence-electron chi connectivity index (χ1n) is 8.25. The number of rotatable bonds is 5. The van der Waals surface area contributed by atoms with Gasteiger partial charge in [-0.25, -0.2) is 17.5 Å². The van der Waals surface area contributed by atoms with Gasteiger partial charge < -0.3 is 4.90 Å². The molecule has 1 amide bonds. The van der Waals surface area contributed by atoms with E-state index < -0.39 is 15.8 Å². The molecular weight excluding hydrogens is 331 g/mol. The lowest BCUT2D eigenvalue weighted by Gasteiger charge is -2.32. The fraction of sp³-hybridized carbons (Fsp3) is 0.588. The molecular formula is C17H25FN2O3S. The Hall–Kier alpha value is -1.47. The molecule has 1 aromatic carbocycles. The molecule has 1 aliphatic rings. The van der Waals surface area contributed by atoms with Crippen LogP contribution in [0.2, 0.25) is 0 Å². The number of carbonyl (C=O) groups is 1. The zero-order chi connectivity index (χ0) is 17.9. The third-order valence-electron chi connectivity index (χ3n) is 4.18. The Labute approximate surface area is 143 Å². The van der Waals surface area contributed by atoms with Gasteiger partial charge in [-0.1, -0.05) is 13.8 Å². The molecule has 5 nitrogen and oxygen atoms in total. The van der Waals surface area contributed by atoms with Gasteiger partial charge in [0.2, 0.25) is 15.9 Å². The monoisotopic (exact) mass is 356 g/mol. The second kappa shape index (κ2) is 7.61. The van der Waals surface area contributed by atoms with Crippen molar-refractivity contribution in [3.05, 3.63) is 29.6 Å². The first-order valence-corrected chi connectivity index (χ1v) is 9.73. The maximum absolute atomic E-state index is 13.2. The third-order valence-corrected chi connectivity index (χ3v) is 5.86. The normalized spacial score (nSPS) is 16.6. The summed E-state index contributed by atoms with van der Waals surface area (Å²) in [5, 5.41) is 0. The van der Waals surface area contributed by atoms with Crippen LogP contribution in [0.5, 0.6) is 0 Å². The fourth-order valence-corrected chi connectivity index (χ4v) is 4.45. The van der Waals surface area contributed by atoms with Gasteiger partial charge in [-0.3, -0.25) is 4.79 Å². The van der Waals surface area contributed by atoms with Gasteiger partial charge in [0.05, 0.1) is 4.90 Å². The second-order valence-corrected chi connectivity index (χ2v) is 8.47. The van der Waals surface area contributed by atoms with Gasteiger partial charge in [0, 0.05) is 25.6 Å². The Kier molecular flexibility index (Phi) is 5.98. The molecule has 0 radical (unpaired) electrons. The first kappa shape index (κ1) is 18.9. The van der Waals surface area contributed by atoms with Gasteiger partial charge >= 0.3 is 0 Å². The Balaban J connectivity index is 1.97. The SMILES string of the molecule is Cc1cc(F)ccc1S(=O)(=O)NC1CCN(C(=O)CC(C)C)CC1. The van der Waals surface area contributed by atoms with E-state index in [1.165, 1.54) is 12.1 Å². The van der Waals surface area contributed by atoms with Crippen LogP contribution < -0.4 is 4.72 Å². The summed E-state index contributed by atoms with van der Waals surface area (Å²) in [6, 6.07) is 3.44. The van der Waals surface area contributed by atoms with Crippen LogP contribution in [0.25, 0.3) is 0 Å². The predicted octanol–water partition coefficient (Wildman–Crippen LogP) is 2.45. The number of nitrogens with zero attached hydrogens (tertiary/aromatic N) is 1. The number of amides is 1. The van der Waals surface area contributed by atoms with Crippen LogP contribution in [0.3, 0.4) is 0 Å². The van der Waals surface area contributed by atoms with Crippen LogP contribution in [0, 0.1) is 18.7 Å². The largest absolute Gasteiger partial charge is 0.343 e. The highest BCUT2D eigenvalue weighted by Gasteiger charge is 2.27. The molecule has 1 saturated heterocycles. The summed E-state index contributed by atoms with van der Waals surface area (Å²) >= 11 is 0. The third kappa shape index (κ3) is 4.77. The standard InChI is InChI=1S/C17H25FN2O3S/c1-12(2)10-17(21)20-8-6-15(7-9-20)19-24(22,23)16-5-4-14(18)11-13(16)3/h4-5,11-12,15,19H,6-10H2,1-3H3. The van der Waals surface area contributed by atoms with Crippen LogP contribution >= 0.6 is 0 Å². The Morgan fingerprint density at radius 1 is 1.33 bits per heavy atom. The summed E-state index contributed by atoms with van der Waals surface area (Å²) in [5.74, 6) is -0.0145. The van der Waals surface area contributed by atoms with Crippen molar-refractivity contribution >= 4 is 15.9 Å². The molecule has 1 heterocycles. The number of benzene rings is 1. The summed E-state index contributed by atoms with van der Waals surface area (Å²) in [6.45, 7) is 6.70. The van der Waals surface area contributed by atoms with Crippen LogP contribution in [0.15, 0.2) is 23.1 Å². The smallest absolute Gasteiger partial charge is 0.241 e. The van der Waals surface area contributed by atoms with Gasteiger partial charge in [-0.05, 0) is 49.4 Å². The van der Waals surface area contributed by atoms with Crippen LogP contribution in [-0.2, 0) is 14.8 Å². The molecule has 0 spiro atoms. The molecule has 0 aromatic heterocycles. The molecule has 0 aliphatic carbocycles. The van der Waals surface area contributed by atoms with Crippen molar-refractivity contribution in [3.63, 3.8) is 0 Å². The Morgan fingerprint density at radius 2 is 1.96 bits per heavy atom. The number of halogens is 1. The lowest BCUT2D eigenvalue weighted by molar-refractivity contribution is -0.133. The van der Waals surface area contributed by atoms with Crippen molar-refractivity contribution < 1.29 is 17.6 Å². The van der Waals surface area contributed by atoms with Crippen molar-refractivity contribution in [3.8, 4) is 0 Å². The lowest BCUT2D eigenvalue weighted by Crippen LogP contribution is -2.46. The lowest BCUT2D eigenvalue weighted by atomic mass is 10.0. The highest BCUT2D eigenvalue weighted by molar-refractivity contribution is 7.89. The highest BCUT2D eigenvalue weighted by atomic mass is 32.2. The Bertz CT molecular complexity index is 696. The fourth-order valence-electron chi connectivity index (χ4n) is 2.92. The van der Waals surface area contributed by atoms with E-state index in [0.717, 1.165) is 6.07 Å². The quantitative estimate of drug-likeness (QED) is 0.881. The molecule has 1 aliphatic heterocycles. The molecule has 1 fully saturated rings. The minimum atomic E-state index is -3.68. The molecule has 24 heavy (non-hydrogen) atoms. The molecule has 0 atom stereocenters. The molecule has 1 aromatic rings. The molecule has 7 heteroatoms. The minimum absolute atomic E-state index is 0.0993. The number of nitrogens with one attached hydrogen (secondary N) is 1. The number of carbonyl (C=O) groups excluding carboxylic acids is 1. The summed E-state index contributed by atoms with van der Waals surface area (Å²) in [4.78, 5) is 13.9. The van der Waals surface area contributed by atoms with Gasteiger partial charge in [0.25, 0.3) is 0 Å². The highest BCUT2D eigenvalue weighted by Crippen LogP contribution is 2.19. The predicted molar refractivity (Wildman–Crippen MR) is 90.5 cm³/mol. The van der Waals surface area contributed by atoms with Gasteiger partial charge in [-0.2, -0.15) is 0 Å². The van der Waals surface area contributed by atoms with E-state index in [1.54, 1.807) is 11.8 Å². The van der Waals surface area contributed by atoms with E-state index in [4.69, 9.17) is 0 Å². The summed E-state index contributed by atoms with van der Waals surface area (Å²) in [7, 11) is -3.68. The van der Waals surface area contributed by atoms with Gasteiger partial charge in [0.15, 0.2) is 0 Å². The molecule has 0 bridgehead atoms. The molecule has 134 valence electrons. The van der Waals surface area contributed by atoms with Crippen molar-refractivity contribution in [1.82, 2.24) is 9.62 Å². The van der Waals surface area contributed by atoms with Crippen LogP contribution in [-0.4, -0.2) is 38.4 Å². The molecule has 0 saturated carbocycles. The van der Waals surface area contributed by atoms with Crippen LogP contribution in [0.4, 0.5) is 4.39 Å². The number of piperidine rings is 1. The Morgan fingerprint density at radius 3 is 2.50 bits per heavy atom. The zero-order valence-electron chi connectivity index (χ0n) is 14.4. The average Bonchev–Trinajstić information content (AvgIpc) is 2.46. The maximum atomic E-state index is 13.2. The van der Waals surface area contributed by atoms with E-state index in [9.17, 15) is 17.6 Å². The van der Waals surface area contributed by atoms with Crippen molar-refractivity contribution in [2.75, 3.05) is 13.1 Å². The summed E-state index contributed by atoms with van der Waals surface area (Å²) < 4.78 is 40.8. The van der Waals surface area contributed by atoms with E-state index in [-0.39, 0.29) is 16.8 Å². The summed E-state index contributed by atoms with van der Waals surface area (Å²) in [6.07, 6.45) is 1.69. The van der Waals surface area contributed by atoms with Crippen molar-refractivity contribution in [2.45, 2.75) is 51.0 Å².